The number of hydrogen-bond acceptors (Lipinski definition) is 4. The van der Waals surface area contributed by atoms with E-state index in [1.165, 1.54) is 16.7 Å². The predicted octanol–water partition coefficient (Wildman–Crippen LogP) is -0.423. The fourth-order valence-corrected chi connectivity index (χ4v) is 2.39. The number of aromatic nitrogens is 2. The summed E-state index contributed by atoms with van der Waals surface area (Å²) in [5.74, 6) is -1.14. The Hall–Kier alpha value is -2.13. The summed E-state index contributed by atoms with van der Waals surface area (Å²) in [5.41, 5.74) is 0.160. The molecule has 0 spiro atoms. The first-order valence-corrected chi connectivity index (χ1v) is 7.58. The van der Waals surface area contributed by atoms with Gasteiger partial charge in [0, 0.05) is 13.1 Å². The van der Waals surface area contributed by atoms with Gasteiger partial charge in [0.1, 0.15) is 0 Å². The van der Waals surface area contributed by atoms with Crippen molar-refractivity contribution < 1.29 is 18.3 Å². The molecule has 0 unspecified atom stereocenters. The minimum atomic E-state index is -3.33. The van der Waals surface area contributed by atoms with Crippen LogP contribution >= 0.6 is 0 Å². The van der Waals surface area contributed by atoms with E-state index in [2.05, 4.69) is 9.71 Å². The molecule has 1 heterocycles. The molecule has 0 aliphatic carbocycles. The van der Waals surface area contributed by atoms with Gasteiger partial charge in [-0.15, -0.1) is 0 Å². The Kier molecular flexibility index (Phi) is 3.64. The van der Waals surface area contributed by atoms with E-state index in [-0.39, 0.29) is 24.2 Å². The zero-order valence-corrected chi connectivity index (χ0v) is 11.4. The molecule has 2 aromatic rings. The van der Waals surface area contributed by atoms with Gasteiger partial charge in [0.25, 0.3) is 0 Å². The number of rotatable bonds is 5. The molecule has 0 aliphatic rings. The molecule has 0 saturated carbocycles. The minimum absolute atomic E-state index is 0.00516. The number of carboxylic acid groups (broad SMARTS) is 1. The van der Waals surface area contributed by atoms with Crippen molar-refractivity contribution in [1.29, 1.82) is 0 Å². The molecule has 0 atom stereocenters. The highest BCUT2D eigenvalue weighted by molar-refractivity contribution is 7.88. The van der Waals surface area contributed by atoms with Gasteiger partial charge in [-0.25, -0.2) is 22.7 Å². The van der Waals surface area contributed by atoms with E-state index in [9.17, 15) is 18.0 Å². The molecule has 0 aliphatic heterocycles. The highest BCUT2D eigenvalue weighted by Gasteiger charge is 2.14. The number of carbonyl (C=O) groups is 1. The van der Waals surface area contributed by atoms with Crippen LogP contribution in [0.2, 0.25) is 0 Å². The second-order valence-corrected chi connectivity index (χ2v) is 6.09. The lowest BCUT2D eigenvalue weighted by atomic mass is 10.2. The molecule has 0 bridgehead atoms. The second-order valence-electron chi connectivity index (χ2n) is 4.25. The van der Waals surface area contributed by atoms with Crippen molar-refractivity contribution in [1.82, 2.24) is 14.3 Å². The number of imidazole rings is 1. The van der Waals surface area contributed by atoms with Gasteiger partial charge in [-0.3, -0.25) is 4.57 Å². The van der Waals surface area contributed by atoms with Gasteiger partial charge in [-0.2, -0.15) is 0 Å². The number of sulfonamides is 1. The van der Waals surface area contributed by atoms with E-state index in [4.69, 9.17) is 5.11 Å². The molecule has 9 heteroatoms. The first-order valence-electron chi connectivity index (χ1n) is 5.69. The van der Waals surface area contributed by atoms with Crippen LogP contribution in [0.4, 0.5) is 0 Å². The van der Waals surface area contributed by atoms with Crippen LogP contribution in [0.3, 0.4) is 0 Å². The molecule has 0 saturated heterocycles. The van der Waals surface area contributed by atoms with E-state index in [1.807, 2.05) is 0 Å². The lowest BCUT2D eigenvalue weighted by molar-refractivity contribution is 0.0699. The molecule has 0 amide bonds. The van der Waals surface area contributed by atoms with Crippen LogP contribution in [0.5, 0.6) is 0 Å². The number of benzene rings is 1. The summed E-state index contributed by atoms with van der Waals surface area (Å²) in [6.45, 7) is 0.151. The van der Waals surface area contributed by atoms with Gasteiger partial charge in [0.2, 0.25) is 10.0 Å². The standard InChI is InChI=1S/C11H13N3O5S/c1-20(18,19)12-5-6-14-8-4-2-3-7(10(15)16)9(8)13-11(14)17/h2-4,12H,5-6H2,1H3,(H,13,17)(H,15,16). The number of carboxylic acids is 1. The van der Waals surface area contributed by atoms with E-state index < -0.39 is 21.7 Å². The summed E-state index contributed by atoms with van der Waals surface area (Å²) < 4.78 is 25.5. The average Bonchev–Trinajstić information content (AvgIpc) is 2.64. The lowest BCUT2D eigenvalue weighted by Crippen LogP contribution is -2.29. The highest BCUT2D eigenvalue weighted by Crippen LogP contribution is 2.15. The van der Waals surface area contributed by atoms with E-state index in [1.54, 1.807) is 6.07 Å². The molecule has 0 fully saturated rings. The Balaban J connectivity index is 2.40. The van der Waals surface area contributed by atoms with Crippen molar-refractivity contribution in [2.75, 3.05) is 12.8 Å². The SMILES string of the molecule is CS(=O)(=O)NCCn1c(=O)[nH]c2c(C(=O)O)cccc21. The first kappa shape index (κ1) is 14.3. The summed E-state index contributed by atoms with van der Waals surface area (Å²) in [7, 11) is -3.33. The average molecular weight is 299 g/mol. The lowest BCUT2D eigenvalue weighted by Gasteiger charge is -2.04. The predicted molar refractivity (Wildman–Crippen MR) is 72.4 cm³/mol. The normalized spacial score (nSPS) is 11.8. The van der Waals surface area contributed by atoms with Crippen LogP contribution in [-0.2, 0) is 16.6 Å². The summed E-state index contributed by atoms with van der Waals surface area (Å²) in [5, 5.41) is 9.04. The van der Waals surface area contributed by atoms with E-state index in [0.29, 0.717) is 5.52 Å². The van der Waals surface area contributed by atoms with Crippen LogP contribution in [0.1, 0.15) is 10.4 Å². The number of aromatic carboxylic acids is 1. The maximum atomic E-state index is 11.8. The topological polar surface area (TPSA) is 121 Å². The number of H-pyrrole nitrogens is 1. The van der Waals surface area contributed by atoms with Gasteiger partial charge in [0.05, 0.1) is 22.9 Å². The molecule has 108 valence electrons. The molecule has 0 radical (unpaired) electrons. The van der Waals surface area contributed by atoms with Gasteiger partial charge in [-0.1, -0.05) is 6.07 Å². The first-order chi connectivity index (χ1) is 9.29. The van der Waals surface area contributed by atoms with E-state index >= 15 is 0 Å². The number of para-hydroxylation sites is 1. The number of fused-ring (bicyclic) bond motifs is 1. The van der Waals surface area contributed by atoms with Gasteiger partial charge < -0.3 is 10.1 Å². The summed E-state index contributed by atoms with van der Waals surface area (Å²) >= 11 is 0. The quantitative estimate of drug-likeness (QED) is 0.692. The fraction of sp³-hybridized carbons (Fsp3) is 0.273. The fourth-order valence-electron chi connectivity index (χ4n) is 1.92. The molecule has 8 nitrogen and oxygen atoms in total. The monoisotopic (exact) mass is 299 g/mol. The molecule has 1 aromatic heterocycles. The van der Waals surface area contributed by atoms with Crippen molar-refractivity contribution in [2.24, 2.45) is 0 Å². The number of nitrogens with zero attached hydrogens (tertiary/aromatic N) is 1. The molecule has 1 aromatic carbocycles. The number of nitrogens with one attached hydrogen (secondary N) is 2. The molecule has 20 heavy (non-hydrogen) atoms. The van der Waals surface area contributed by atoms with Crippen molar-refractivity contribution >= 4 is 27.0 Å². The zero-order chi connectivity index (χ0) is 14.9. The Morgan fingerprint density at radius 2 is 2.15 bits per heavy atom. The van der Waals surface area contributed by atoms with Crippen molar-refractivity contribution in [2.45, 2.75) is 6.54 Å². The van der Waals surface area contributed by atoms with Crippen molar-refractivity contribution in [3.8, 4) is 0 Å². The summed E-state index contributed by atoms with van der Waals surface area (Å²) in [4.78, 5) is 25.3. The Bertz CT molecular complexity index is 818. The number of hydrogen-bond donors (Lipinski definition) is 3. The molecular formula is C11H13N3O5S. The second kappa shape index (κ2) is 5.10. The Morgan fingerprint density at radius 3 is 2.75 bits per heavy atom. The van der Waals surface area contributed by atoms with Crippen LogP contribution in [-0.4, -0.2) is 41.8 Å². The van der Waals surface area contributed by atoms with Crippen molar-refractivity contribution in [3.05, 3.63) is 34.2 Å². The van der Waals surface area contributed by atoms with Crippen LogP contribution in [0.25, 0.3) is 11.0 Å². The number of aromatic amines is 1. The van der Waals surface area contributed by atoms with E-state index in [0.717, 1.165) is 6.26 Å². The zero-order valence-electron chi connectivity index (χ0n) is 10.6. The highest BCUT2D eigenvalue weighted by atomic mass is 32.2. The van der Waals surface area contributed by atoms with Crippen LogP contribution in [0, 0.1) is 0 Å². The van der Waals surface area contributed by atoms with Crippen LogP contribution in [0.15, 0.2) is 23.0 Å². The largest absolute Gasteiger partial charge is 0.478 e. The van der Waals surface area contributed by atoms with Gasteiger partial charge in [-0.05, 0) is 12.1 Å². The maximum Gasteiger partial charge on any atom is 0.337 e. The molecular weight excluding hydrogens is 286 g/mol. The third-order valence-corrected chi connectivity index (χ3v) is 3.47. The third kappa shape index (κ3) is 2.89. The van der Waals surface area contributed by atoms with Crippen LogP contribution < -0.4 is 10.4 Å². The Labute approximate surface area is 114 Å². The summed E-state index contributed by atoms with van der Waals surface area (Å²) in [6.07, 6.45) is 1.02. The maximum absolute atomic E-state index is 11.8. The van der Waals surface area contributed by atoms with Gasteiger partial charge in [0.15, 0.2) is 0 Å². The molecule has 2 rings (SSSR count). The van der Waals surface area contributed by atoms with Gasteiger partial charge >= 0.3 is 11.7 Å². The summed E-state index contributed by atoms with van der Waals surface area (Å²) in [6, 6.07) is 4.51. The van der Waals surface area contributed by atoms with Crippen molar-refractivity contribution in [3.63, 3.8) is 0 Å². The smallest absolute Gasteiger partial charge is 0.337 e. The Morgan fingerprint density at radius 1 is 1.45 bits per heavy atom. The minimum Gasteiger partial charge on any atom is -0.478 e. The molecule has 3 N–H and O–H groups in total. The third-order valence-electron chi connectivity index (χ3n) is 2.74.